The maximum absolute atomic E-state index is 6.89. The first-order chi connectivity index (χ1) is 4.91. The van der Waals surface area contributed by atoms with Crippen molar-refractivity contribution in [2.75, 3.05) is 0 Å². The molecular weight excluding hydrogens is 96.1 g/mol. The van der Waals surface area contributed by atoms with Crippen LogP contribution < -0.4 is 0 Å². The van der Waals surface area contributed by atoms with Gasteiger partial charge in [-0.05, 0) is 0 Å². The van der Waals surface area contributed by atoms with E-state index in [2.05, 4.69) is 0 Å². The molecule has 0 amide bonds. The van der Waals surface area contributed by atoms with Gasteiger partial charge >= 0.3 is 0 Å². The summed E-state index contributed by atoms with van der Waals surface area (Å²) in [6.07, 6.45) is 7.06. The molecule has 0 aliphatic heterocycles. The lowest BCUT2D eigenvalue weighted by molar-refractivity contribution is 0.624. The molecule has 0 nitrogen and oxygen atoms in total. The summed E-state index contributed by atoms with van der Waals surface area (Å²) < 4.78 is 13.8. The second kappa shape index (κ2) is 7.00. The first-order valence-electron chi connectivity index (χ1n) is 4.91. The summed E-state index contributed by atoms with van der Waals surface area (Å²) in [5, 5.41) is 0. The highest BCUT2D eigenvalue weighted by molar-refractivity contribution is 4.39. The van der Waals surface area contributed by atoms with Crippen molar-refractivity contribution in [2.45, 2.75) is 52.3 Å². The summed E-state index contributed by atoms with van der Waals surface area (Å²) in [5.74, 6) is 0. The Hall–Kier alpha value is 0. The molecule has 0 saturated carbocycles. The Labute approximate surface area is 56.1 Å². The van der Waals surface area contributed by atoms with E-state index in [9.17, 15) is 0 Å². The van der Waals surface area contributed by atoms with Crippen molar-refractivity contribution >= 4 is 0 Å². The first kappa shape index (κ1) is 4.84. The molecule has 0 fully saturated rings. The number of rotatable bonds is 5. The minimum absolute atomic E-state index is 0.582. The van der Waals surface area contributed by atoms with Crippen LogP contribution in [0.5, 0.6) is 0 Å². The van der Waals surface area contributed by atoms with Crippen LogP contribution in [-0.2, 0) is 0 Å². The average Bonchev–Trinajstić information content (AvgIpc) is 1.97. The van der Waals surface area contributed by atoms with E-state index in [1.165, 1.54) is 25.7 Å². The van der Waals surface area contributed by atoms with Gasteiger partial charge < -0.3 is 0 Å². The van der Waals surface area contributed by atoms with Gasteiger partial charge in [-0.25, -0.2) is 0 Å². The predicted molar refractivity (Wildman–Crippen MR) is 39.1 cm³/mol. The fourth-order valence-corrected chi connectivity index (χ4v) is 0.707. The van der Waals surface area contributed by atoms with Crippen molar-refractivity contribution in [3.05, 3.63) is 0 Å². The average molecular weight is 116 g/mol. The van der Waals surface area contributed by atoms with Crippen molar-refractivity contribution in [1.29, 1.82) is 0 Å². The van der Waals surface area contributed by atoms with Gasteiger partial charge in [-0.1, -0.05) is 52.3 Å². The van der Waals surface area contributed by atoms with Crippen LogP contribution in [0.4, 0.5) is 0 Å². The molecule has 0 aliphatic carbocycles. The van der Waals surface area contributed by atoms with Gasteiger partial charge in [0.2, 0.25) is 0 Å². The van der Waals surface area contributed by atoms with Crippen LogP contribution in [0.25, 0.3) is 0 Å². The molecule has 0 heteroatoms. The fourth-order valence-electron chi connectivity index (χ4n) is 0.707. The van der Waals surface area contributed by atoms with Gasteiger partial charge in [0.15, 0.2) is 0 Å². The van der Waals surface area contributed by atoms with E-state index in [-0.39, 0.29) is 0 Å². The van der Waals surface area contributed by atoms with Crippen LogP contribution in [-0.4, -0.2) is 0 Å². The molecule has 0 aromatic heterocycles. The topological polar surface area (TPSA) is 0 Å². The Morgan fingerprint density at radius 3 is 1.75 bits per heavy atom. The number of unbranched alkanes of at least 4 members (excludes halogenated alkanes) is 5. The summed E-state index contributed by atoms with van der Waals surface area (Å²) in [6, 6.07) is 0. The lowest BCUT2D eigenvalue weighted by Crippen LogP contribution is -1.73. The molecule has 0 spiro atoms. The Bertz CT molecular complexity index is 47.2. The van der Waals surface area contributed by atoms with Crippen LogP contribution in [0.3, 0.4) is 0 Å². The standard InChI is InChI=1S/C8H18/c1-3-5-7-8-6-4-2/h3-8H2,1-2H3/i1D,2D. The molecule has 0 aromatic rings. The van der Waals surface area contributed by atoms with Crippen molar-refractivity contribution in [3.8, 4) is 0 Å². The SMILES string of the molecule is [2H]CCCCCCCC[2H]. The first-order valence-corrected chi connectivity index (χ1v) is 3.50. The van der Waals surface area contributed by atoms with Crippen LogP contribution >= 0.6 is 0 Å². The largest absolute Gasteiger partial charge is 0.0654 e. The van der Waals surface area contributed by atoms with Crippen molar-refractivity contribution in [2.24, 2.45) is 0 Å². The summed E-state index contributed by atoms with van der Waals surface area (Å²) in [7, 11) is 0. The third kappa shape index (κ3) is 6.00. The van der Waals surface area contributed by atoms with Gasteiger partial charge in [0, 0.05) is 2.74 Å². The third-order valence-corrected chi connectivity index (χ3v) is 1.25. The summed E-state index contributed by atoms with van der Waals surface area (Å²) >= 11 is 0. The highest BCUT2D eigenvalue weighted by atomic mass is 13.9. The quantitative estimate of drug-likeness (QED) is 0.483. The van der Waals surface area contributed by atoms with E-state index in [1.54, 1.807) is 0 Å². The van der Waals surface area contributed by atoms with Gasteiger partial charge in [-0.3, -0.25) is 0 Å². The lowest BCUT2D eigenvalue weighted by Gasteiger charge is -1.93. The van der Waals surface area contributed by atoms with E-state index in [4.69, 9.17) is 2.74 Å². The maximum atomic E-state index is 6.89. The highest BCUT2D eigenvalue weighted by Crippen LogP contribution is 2.03. The van der Waals surface area contributed by atoms with E-state index < -0.39 is 0 Å². The number of hydrogen-bond acceptors (Lipinski definition) is 0. The molecule has 0 bridgehead atoms. The van der Waals surface area contributed by atoms with Gasteiger partial charge in [0.25, 0.3) is 0 Å². The second-order valence-electron chi connectivity index (χ2n) is 2.12. The predicted octanol–water partition coefficient (Wildman–Crippen LogP) is 3.37. The van der Waals surface area contributed by atoms with E-state index in [0.29, 0.717) is 13.8 Å². The summed E-state index contributed by atoms with van der Waals surface area (Å²) in [5.41, 5.74) is 0. The lowest BCUT2D eigenvalue weighted by atomic mass is 10.1. The Balaban J connectivity index is 2.65. The van der Waals surface area contributed by atoms with Gasteiger partial charge in [-0.15, -0.1) is 0 Å². The van der Waals surface area contributed by atoms with Crippen molar-refractivity contribution in [1.82, 2.24) is 0 Å². The monoisotopic (exact) mass is 116 g/mol. The molecule has 0 atom stereocenters. The Kier molecular flexibility index (Phi) is 4.23. The molecule has 50 valence electrons. The Morgan fingerprint density at radius 2 is 1.38 bits per heavy atom. The smallest absolute Gasteiger partial charge is 0.0230 e. The molecule has 0 saturated heterocycles. The molecule has 0 unspecified atom stereocenters. The highest BCUT2D eigenvalue weighted by Gasteiger charge is 1.83. The van der Waals surface area contributed by atoms with Gasteiger partial charge in [-0.2, -0.15) is 0 Å². The Morgan fingerprint density at radius 1 is 0.875 bits per heavy atom. The zero-order valence-electron chi connectivity index (χ0n) is 7.66. The van der Waals surface area contributed by atoms with E-state index in [1.807, 2.05) is 0 Å². The minimum Gasteiger partial charge on any atom is -0.0654 e. The molecule has 0 N–H and O–H groups in total. The molecule has 0 radical (unpaired) electrons. The normalized spacial score (nSPS) is 13.0. The van der Waals surface area contributed by atoms with Crippen molar-refractivity contribution in [3.63, 3.8) is 0 Å². The summed E-state index contributed by atoms with van der Waals surface area (Å²) in [4.78, 5) is 0. The molecule has 8 heavy (non-hydrogen) atoms. The molecule has 0 aromatic carbocycles. The van der Waals surface area contributed by atoms with Crippen LogP contribution in [0.2, 0.25) is 0 Å². The van der Waals surface area contributed by atoms with E-state index >= 15 is 0 Å². The molecule has 0 rings (SSSR count). The van der Waals surface area contributed by atoms with Gasteiger partial charge in [0.1, 0.15) is 0 Å². The third-order valence-electron chi connectivity index (χ3n) is 1.25. The molecular formula is C8H18. The maximum Gasteiger partial charge on any atom is 0.0230 e. The van der Waals surface area contributed by atoms with Crippen LogP contribution in [0.15, 0.2) is 0 Å². The molecule has 0 heterocycles. The van der Waals surface area contributed by atoms with Crippen LogP contribution in [0.1, 0.15) is 55.1 Å². The van der Waals surface area contributed by atoms with E-state index in [0.717, 1.165) is 12.8 Å². The van der Waals surface area contributed by atoms with Crippen molar-refractivity contribution < 1.29 is 2.74 Å². The minimum atomic E-state index is 0.582. The second-order valence-corrected chi connectivity index (χ2v) is 2.12. The zero-order chi connectivity index (χ0) is 7.66. The molecule has 0 aliphatic rings. The van der Waals surface area contributed by atoms with Crippen LogP contribution in [0, 0.1) is 0 Å². The summed E-state index contributed by atoms with van der Waals surface area (Å²) in [6.45, 7) is 1.16. The van der Waals surface area contributed by atoms with Gasteiger partial charge in [0.05, 0.1) is 0 Å². The zero-order valence-corrected chi connectivity index (χ0v) is 5.66. The number of hydrogen-bond donors (Lipinski definition) is 0. The fraction of sp³-hybridized carbons (Fsp3) is 1.00.